The molecule has 0 aromatic rings. The molecule has 0 aromatic heterocycles. The number of hydrogen-bond donors (Lipinski definition) is 1. The Balaban J connectivity index is 4.56. The molecule has 0 aliphatic heterocycles. The molecule has 0 unspecified atom stereocenters. The molecule has 0 radical (unpaired) electrons. The minimum absolute atomic E-state index is 0.262. The summed E-state index contributed by atoms with van der Waals surface area (Å²) in [6, 6.07) is 0. The van der Waals surface area contributed by atoms with Crippen molar-refractivity contribution in [2.24, 2.45) is 4.99 Å². The maximum absolute atomic E-state index is 10.2. The molecule has 0 bridgehead atoms. The van der Waals surface area contributed by atoms with Crippen LogP contribution >= 0.6 is 11.8 Å². The van der Waals surface area contributed by atoms with E-state index in [1.54, 1.807) is 0 Å². The molecular weight excluding hydrogens is 162 g/mol. The van der Waals surface area contributed by atoms with E-state index in [2.05, 4.69) is 4.99 Å². The maximum atomic E-state index is 10.2. The molecule has 0 spiro atoms. The summed E-state index contributed by atoms with van der Waals surface area (Å²) >= 11 is 0.889. The monoisotopic (exact) mass is 169 g/mol. The van der Waals surface area contributed by atoms with E-state index in [0.717, 1.165) is 11.8 Å². The summed E-state index contributed by atoms with van der Waals surface area (Å²) in [5.74, 6) is 0. The van der Waals surface area contributed by atoms with E-state index in [9.17, 15) is 8.42 Å². The number of hydrogen-bond acceptors (Lipinski definition) is 4. The first-order valence-corrected chi connectivity index (χ1v) is 4.67. The Morgan fingerprint density at radius 2 is 2.11 bits per heavy atom. The molecule has 0 aromatic carbocycles. The van der Waals surface area contributed by atoms with Crippen molar-refractivity contribution in [1.29, 1.82) is 0 Å². The van der Waals surface area contributed by atoms with Crippen molar-refractivity contribution >= 4 is 26.3 Å². The lowest BCUT2D eigenvalue weighted by molar-refractivity contribution is 0.499. The highest BCUT2D eigenvalue weighted by molar-refractivity contribution is 8.33. The molecule has 0 rings (SSSR count). The molecule has 0 aliphatic rings. The third-order valence-electron chi connectivity index (χ3n) is 0.578. The minimum Gasteiger partial charge on any atom is -0.280 e. The van der Waals surface area contributed by atoms with Crippen molar-refractivity contribution in [2.45, 2.75) is 0 Å². The molecule has 0 heterocycles. The number of nitrogens with zero attached hydrogens (tertiary/aromatic N) is 1. The third kappa shape index (κ3) is 2.83. The number of aliphatic imine (C=N–C) groups is 1. The second kappa shape index (κ2) is 3.19. The van der Waals surface area contributed by atoms with E-state index in [1.165, 1.54) is 13.3 Å². The first-order valence-electron chi connectivity index (χ1n) is 2.00. The molecule has 0 fully saturated rings. The van der Waals surface area contributed by atoms with Crippen molar-refractivity contribution in [3.63, 3.8) is 0 Å². The summed E-state index contributed by atoms with van der Waals surface area (Å²) in [5, 5.41) is 0. The first-order chi connectivity index (χ1) is 4.02. The summed E-state index contributed by atoms with van der Waals surface area (Å²) in [7, 11) is -2.75. The summed E-state index contributed by atoms with van der Waals surface area (Å²) in [6.07, 6.45) is 1.52. The Hall–Kier alpha value is -0.0700. The molecular formula is C3H7NO3S2. The fourth-order valence-corrected chi connectivity index (χ4v) is 1.57. The van der Waals surface area contributed by atoms with Gasteiger partial charge in [0, 0.05) is 7.05 Å². The van der Waals surface area contributed by atoms with E-state index >= 15 is 0 Å². The van der Waals surface area contributed by atoms with Crippen LogP contribution in [0.15, 0.2) is 4.99 Å². The van der Waals surface area contributed by atoms with Gasteiger partial charge in [-0.15, -0.1) is 0 Å². The molecule has 0 aliphatic carbocycles. The lowest BCUT2D eigenvalue weighted by Crippen LogP contribution is -2.08. The molecule has 4 nitrogen and oxygen atoms in total. The fraction of sp³-hybridized carbons (Fsp3) is 0.667. The first kappa shape index (κ1) is 8.93. The molecule has 9 heavy (non-hydrogen) atoms. The quantitative estimate of drug-likeness (QED) is 0.320. The predicted octanol–water partition coefficient (Wildman–Crippen LogP) is 0.223. The summed E-state index contributed by atoms with van der Waals surface area (Å²) in [4.78, 5) is 3.32. The van der Waals surface area contributed by atoms with Crippen LogP contribution in [0.2, 0.25) is 0 Å². The van der Waals surface area contributed by atoms with Crippen LogP contribution in [0.25, 0.3) is 0 Å². The largest absolute Gasteiger partial charge is 0.318 e. The van der Waals surface area contributed by atoms with Gasteiger partial charge in [-0.05, 0) is 6.26 Å². The van der Waals surface area contributed by atoms with Gasteiger partial charge in [0.05, 0.1) is 0 Å². The number of thioether (sulfide) groups is 1. The molecule has 0 amide bonds. The molecule has 54 valence electrons. The highest BCUT2D eigenvalue weighted by Gasteiger charge is 2.12. The zero-order valence-electron chi connectivity index (χ0n) is 5.03. The van der Waals surface area contributed by atoms with E-state index < -0.39 is 10.1 Å². The lowest BCUT2D eigenvalue weighted by Gasteiger charge is -1.93. The van der Waals surface area contributed by atoms with Gasteiger partial charge in [0.2, 0.25) is 4.38 Å². The predicted molar refractivity (Wildman–Crippen MR) is 38.4 cm³/mol. The van der Waals surface area contributed by atoms with Gasteiger partial charge in [0.15, 0.2) is 0 Å². The van der Waals surface area contributed by atoms with Gasteiger partial charge < -0.3 is 0 Å². The van der Waals surface area contributed by atoms with Gasteiger partial charge in [0.25, 0.3) is 0 Å². The van der Waals surface area contributed by atoms with E-state index in [1.807, 2.05) is 0 Å². The van der Waals surface area contributed by atoms with E-state index in [0.29, 0.717) is 0 Å². The average Bonchev–Trinajstić information content (AvgIpc) is 1.65. The molecule has 1 N–H and O–H groups in total. The van der Waals surface area contributed by atoms with Crippen LogP contribution < -0.4 is 0 Å². The highest BCUT2D eigenvalue weighted by Crippen LogP contribution is 2.03. The van der Waals surface area contributed by atoms with Crippen LogP contribution in [0.5, 0.6) is 0 Å². The second-order valence-electron chi connectivity index (χ2n) is 1.17. The third-order valence-corrected chi connectivity index (χ3v) is 2.87. The lowest BCUT2D eigenvalue weighted by atomic mass is 11.4. The van der Waals surface area contributed by atoms with Crippen molar-refractivity contribution < 1.29 is 13.0 Å². The van der Waals surface area contributed by atoms with Gasteiger partial charge in [0.1, 0.15) is 0 Å². The van der Waals surface area contributed by atoms with Gasteiger partial charge in [-0.25, -0.2) is 0 Å². The van der Waals surface area contributed by atoms with Crippen molar-refractivity contribution in [3.8, 4) is 0 Å². The smallest absolute Gasteiger partial charge is 0.280 e. The van der Waals surface area contributed by atoms with Crippen molar-refractivity contribution in [3.05, 3.63) is 0 Å². The van der Waals surface area contributed by atoms with Crippen LogP contribution in [0.1, 0.15) is 0 Å². The zero-order valence-corrected chi connectivity index (χ0v) is 6.66. The topological polar surface area (TPSA) is 66.7 Å². The SMILES string of the molecule is CN=C(SC)S(=O)(=O)O. The van der Waals surface area contributed by atoms with Crippen LogP contribution in [0.4, 0.5) is 0 Å². The second-order valence-corrected chi connectivity index (χ2v) is 3.56. The summed E-state index contributed by atoms with van der Waals surface area (Å²) in [6.45, 7) is 0. The van der Waals surface area contributed by atoms with Crippen molar-refractivity contribution in [2.75, 3.05) is 13.3 Å². The summed E-state index contributed by atoms with van der Waals surface area (Å²) < 4.78 is 28.4. The average molecular weight is 169 g/mol. The summed E-state index contributed by atoms with van der Waals surface area (Å²) in [5.41, 5.74) is 0. The van der Waals surface area contributed by atoms with E-state index in [4.69, 9.17) is 4.55 Å². The fourth-order valence-electron chi connectivity index (χ4n) is 0.312. The zero-order chi connectivity index (χ0) is 7.49. The van der Waals surface area contributed by atoms with Crippen LogP contribution in [0.3, 0.4) is 0 Å². The van der Waals surface area contributed by atoms with Crippen LogP contribution in [-0.2, 0) is 10.1 Å². The van der Waals surface area contributed by atoms with Gasteiger partial charge in [-0.2, -0.15) is 8.42 Å². The molecule has 0 saturated carbocycles. The standard InChI is InChI=1S/C3H7NO3S2/c1-4-3(8-2)9(5,6)7/h1-2H3,(H,5,6,7). The molecule has 0 atom stereocenters. The Morgan fingerprint density at radius 1 is 1.67 bits per heavy atom. The highest BCUT2D eigenvalue weighted by atomic mass is 32.3. The van der Waals surface area contributed by atoms with Gasteiger partial charge in [-0.1, -0.05) is 11.8 Å². The minimum atomic E-state index is -4.05. The Morgan fingerprint density at radius 3 is 2.11 bits per heavy atom. The molecule has 6 heteroatoms. The van der Waals surface area contributed by atoms with Crippen molar-refractivity contribution in [1.82, 2.24) is 0 Å². The Labute approximate surface area is 58.1 Å². The molecule has 0 saturated heterocycles. The van der Waals surface area contributed by atoms with Gasteiger partial charge >= 0.3 is 10.1 Å². The van der Waals surface area contributed by atoms with Gasteiger partial charge in [-0.3, -0.25) is 9.55 Å². The van der Waals surface area contributed by atoms with Crippen LogP contribution in [-0.4, -0.2) is 30.6 Å². The van der Waals surface area contributed by atoms with E-state index in [-0.39, 0.29) is 4.38 Å². The Kier molecular flexibility index (Phi) is 3.16. The maximum Gasteiger partial charge on any atom is 0.318 e. The number of rotatable bonds is 0. The Bertz CT molecular complexity index is 205. The normalized spacial score (nSPS) is 13.9. The van der Waals surface area contributed by atoms with Crippen LogP contribution in [0, 0.1) is 0 Å².